The highest BCUT2D eigenvalue weighted by atomic mass is 32.1. The molecule has 0 aliphatic carbocycles. The highest BCUT2D eigenvalue weighted by Crippen LogP contribution is 2.32. The van der Waals surface area contributed by atoms with Gasteiger partial charge in [-0.3, -0.25) is 9.38 Å². The fourth-order valence-electron chi connectivity index (χ4n) is 3.02. The summed E-state index contributed by atoms with van der Waals surface area (Å²) >= 11 is 1.49. The molecule has 0 saturated carbocycles. The number of fused-ring (bicyclic) bond motifs is 1. The second-order valence-electron chi connectivity index (χ2n) is 6.04. The topological polar surface area (TPSA) is 76.5 Å². The summed E-state index contributed by atoms with van der Waals surface area (Å²) in [6.45, 7) is 0. The van der Waals surface area contributed by atoms with Crippen LogP contribution < -0.4 is 0 Å². The minimum Gasteiger partial charge on any atom is -0.493 e. The van der Waals surface area contributed by atoms with Gasteiger partial charge in [0.2, 0.25) is 5.88 Å². The standard InChI is InChI=1S/C20H14N4O2S/c25-20-15(9-14-7-4-8-26-14)23-19-18(17-10-21-12-27-17)22-16(11-24(19)20)13-5-2-1-3-6-13/h1-8,10-12,25H,9H2. The highest BCUT2D eigenvalue weighted by molar-refractivity contribution is 7.13. The lowest BCUT2D eigenvalue weighted by Gasteiger charge is -2.06. The average molecular weight is 374 g/mol. The SMILES string of the molecule is Oc1c(Cc2ccco2)nc2c(-c3cncs3)nc(-c3ccccc3)cn12. The molecule has 0 spiro atoms. The van der Waals surface area contributed by atoms with Gasteiger partial charge in [0, 0.05) is 18.0 Å². The first kappa shape index (κ1) is 15.8. The van der Waals surface area contributed by atoms with Gasteiger partial charge in [-0.25, -0.2) is 9.97 Å². The summed E-state index contributed by atoms with van der Waals surface area (Å²) in [4.78, 5) is 14.5. The number of thiazole rings is 1. The predicted octanol–water partition coefficient (Wildman–Crippen LogP) is 4.41. The zero-order valence-corrected chi connectivity index (χ0v) is 14.9. The number of hydrogen-bond donors (Lipinski definition) is 1. The minimum absolute atomic E-state index is 0.0896. The third-order valence-corrected chi connectivity index (χ3v) is 5.09. The summed E-state index contributed by atoms with van der Waals surface area (Å²) in [6.07, 6.45) is 5.59. The second kappa shape index (κ2) is 6.37. The number of nitrogens with zero attached hydrogens (tertiary/aromatic N) is 4. The Bertz CT molecular complexity index is 1200. The van der Waals surface area contributed by atoms with Crippen LogP contribution in [0.5, 0.6) is 5.88 Å². The zero-order chi connectivity index (χ0) is 18.2. The molecule has 6 nitrogen and oxygen atoms in total. The van der Waals surface area contributed by atoms with Gasteiger partial charge in [-0.2, -0.15) is 0 Å². The number of benzene rings is 1. The molecule has 0 unspecified atom stereocenters. The first-order valence-electron chi connectivity index (χ1n) is 8.37. The van der Waals surface area contributed by atoms with Gasteiger partial charge >= 0.3 is 0 Å². The van der Waals surface area contributed by atoms with Gasteiger partial charge in [0.25, 0.3) is 0 Å². The first-order valence-corrected chi connectivity index (χ1v) is 9.25. The third-order valence-electron chi connectivity index (χ3n) is 4.31. The van der Waals surface area contributed by atoms with E-state index in [1.807, 2.05) is 48.7 Å². The van der Waals surface area contributed by atoms with Gasteiger partial charge < -0.3 is 9.52 Å². The summed E-state index contributed by atoms with van der Waals surface area (Å²) in [6, 6.07) is 13.5. The molecule has 5 rings (SSSR count). The molecule has 0 saturated heterocycles. The molecule has 7 heteroatoms. The van der Waals surface area contributed by atoms with Crippen LogP contribution in [-0.2, 0) is 6.42 Å². The molecule has 1 aromatic carbocycles. The molecule has 27 heavy (non-hydrogen) atoms. The number of aromatic hydroxyl groups is 1. The highest BCUT2D eigenvalue weighted by Gasteiger charge is 2.19. The second-order valence-corrected chi connectivity index (χ2v) is 6.92. The Morgan fingerprint density at radius 3 is 2.70 bits per heavy atom. The molecule has 0 aliphatic heterocycles. The molecule has 0 fully saturated rings. The normalized spacial score (nSPS) is 11.3. The Kier molecular flexibility index (Phi) is 3.72. The van der Waals surface area contributed by atoms with Gasteiger partial charge in [-0.15, -0.1) is 11.3 Å². The van der Waals surface area contributed by atoms with Crippen LogP contribution in [0, 0.1) is 0 Å². The van der Waals surface area contributed by atoms with Gasteiger partial charge in [-0.1, -0.05) is 30.3 Å². The van der Waals surface area contributed by atoms with Crippen LogP contribution in [0.1, 0.15) is 11.5 Å². The lowest BCUT2D eigenvalue weighted by molar-refractivity contribution is 0.438. The maximum atomic E-state index is 10.8. The van der Waals surface area contributed by atoms with Crippen molar-refractivity contribution in [1.82, 2.24) is 19.4 Å². The van der Waals surface area contributed by atoms with E-state index in [-0.39, 0.29) is 5.88 Å². The molecule has 0 bridgehead atoms. The summed E-state index contributed by atoms with van der Waals surface area (Å²) in [7, 11) is 0. The van der Waals surface area contributed by atoms with Crippen LogP contribution in [0.4, 0.5) is 0 Å². The smallest absolute Gasteiger partial charge is 0.219 e. The van der Waals surface area contributed by atoms with E-state index in [2.05, 4.69) is 9.97 Å². The molecule has 132 valence electrons. The van der Waals surface area contributed by atoms with Crippen molar-refractivity contribution < 1.29 is 9.52 Å². The van der Waals surface area contributed by atoms with Crippen LogP contribution in [0.3, 0.4) is 0 Å². The summed E-state index contributed by atoms with van der Waals surface area (Å²) in [5, 5.41) is 10.8. The number of rotatable bonds is 4. The van der Waals surface area contributed by atoms with E-state index >= 15 is 0 Å². The van der Waals surface area contributed by atoms with Crippen molar-refractivity contribution in [1.29, 1.82) is 0 Å². The Hall–Kier alpha value is -3.45. The predicted molar refractivity (Wildman–Crippen MR) is 103 cm³/mol. The fourth-order valence-corrected chi connectivity index (χ4v) is 3.63. The van der Waals surface area contributed by atoms with E-state index in [1.54, 1.807) is 22.4 Å². The third kappa shape index (κ3) is 2.78. The van der Waals surface area contributed by atoms with E-state index in [1.165, 1.54) is 11.3 Å². The van der Waals surface area contributed by atoms with Crippen molar-refractivity contribution in [3.8, 4) is 27.7 Å². The Morgan fingerprint density at radius 1 is 1.07 bits per heavy atom. The van der Waals surface area contributed by atoms with Crippen molar-refractivity contribution in [2.45, 2.75) is 6.42 Å². The van der Waals surface area contributed by atoms with Crippen molar-refractivity contribution in [2.24, 2.45) is 0 Å². The zero-order valence-electron chi connectivity index (χ0n) is 14.1. The van der Waals surface area contributed by atoms with E-state index in [0.29, 0.717) is 23.5 Å². The Balaban J connectivity index is 1.74. The van der Waals surface area contributed by atoms with Gasteiger partial charge in [0.15, 0.2) is 5.65 Å². The average Bonchev–Trinajstić information content (AvgIpc) is 3.46. The number of aromatic nitrogens is 4. The van der Waals surface area contributed by atoms with Crippen LogP contribution >= 0.6 is 11.3 Å². The lowest BCUT2D eigenvalue weighted by atomic mass is 10.1. The van der Waals surface area contributed by atoms with Crippen LogP contribution in [-0.4, -0.2) is 24.5 Å². The van der Waals surface area contributed by atoms with E-state index in [0.717, 1.165) is 21.9 Å². The van der Waals surface area contributed by atoms with Crippen LogP contribution in [0.2, 0.25) is 0 Å². The van der Waals surface area contributed by atoms with Crippen molar-refractivity contribution in [2.75, 3.05) is 0 Å². The van der Waals surface area contributed by atoms with Crippen molar-refractivity contribution >= 4 is 17.0 Å². The molecule has 0 aliphatic rings. The van der Waals surface area contributed by atoms with Crippen molar-refractivity contribution in [3.63, 3.8) is 0 Å². The minimum atomic E-state index is 0.0896. The number of hydrogen-bond acceptors (Lipinski definition) is 6. The molecule has 5 aromatic rings. The van der Waals surface area contributed by atoms with Gasteiger partial charge in [0.1, 0.15) is 17.1 Å². The summed E-state index contributed by atoms with van der Waals surface area (Å²) in [5.74, 6) is 0.830. The van der Waals surface area contributed by atoms with Crippen LogP contribution in [0.25, 0.3) is 27.5 Å². The summed E-state index contributed by atoms with van der Waals surface area (Å²) in [5.41, 5.74) is 5.31. The molecular formula is C20H14N4O2S. The molecule has 0 amide bonds. The fraction of sp³-hybridized carbons (Fsp3) is 0.0500. The molecule has 0 atom stereocenters. The summed E-state index contributed by atoms with van der Waals surface area (Å²) < 4.78 is 7.08. The molecule has 4 aromatic heterocycles. The molecule has 1 N–H and O–H groups in total. The maximum absolute atomic E-state index is 10.8. The monoisotopic (exact) mass is 374 g/mol. The first-order chi connectivity index (χ1) is 13.3. The van der Waals surface area contributed by atoms with E-state index < -0.39 is 0 Å². The molecule has 0 radical (unpaired) electrons. The van der Waals surface area contributed by atoms with E-state index in [9.17, 15) is 5.11 Å². The molecular weight excluding hydrogens is 360 g/mol. The largest absolute Gasteiger partial charge is 0.493 e. The Labute approximate surface area is 158 Å². The maximum Gasteiger partial charge on any atom is 0.219 e. The molecule has 4 heterocycles. The number of imidazole rings is 1. The van der Waals surface area contributed by atoms with E-state index in [4.69, 9.17) is 9.40 Å². The Morgan fingerprint density at radius 2 is 1.96 bits per heavy atom. The van der Waals surface area contributed by atoms with Gasteiger partial charge in [-0.05, 0) is 12.1 Å². The van der Waals surface area contributed by atoms with Crippen molar-refractivity contribution in [3.05, 3.63) is 78.1 Å². The lowest BCUT2D eigenvalue weighted by Crippen LogP contribution is -1.95. The van der Waals surface area contributed by atoms with Crippen LogP contribution in [0.15, 0.2) is 71.0 Å². The van der Waals surface area contributed by atoms with Gasteiger partial charge in [0.05, 0.1) is 28.8 Å². The quantitative estimate of drug-likeness (QED) is 0.504. The number of furan rings is 1.